The van der Waals surface area contributed by atoms with E-state index in [-0.39, 0.29) is 5.91 Å². The van der Waals surface area contributed by atoms with Crippen LogP contribution in [0.5, 0.6) is 0 Å². The molecule has 11 heavy (non-hydrogen) atoms. The van der Waals surface area contributed by atoms with Crippen molar-refractivity contribution in [3.8, 4) is 0 Å². The molecule has 1 amide bonds. The van der Waals surface area contributed by atoms with Crippen LogP contribution in [-0.4, -0.2) is 12.5 Å². The second-order valence-corrected chi connectivity index (χ2v) is 3.84. The molecule has 1 atom stereocenters. The molecule has 1 heterocycles. The maximum absolute atomic E-state index is 10.8. The first-order valence-corrected chi connectivity index (χ1v) is 4.45. The van der Waals surface area contributed by atoms with Crippen LogP contribution >= 0.6 is 0 Å². The van der Waals surface area contributed by atoms with Crippen molar-refractivity contribution in [1.82, 2.24) is 5.32 Å². The maximum atomic E-state index is 10.8. The van der Waals surface area contributed by atoms with Crippen LogP contribution in [0.15, 0.2) is 0 Å². The zero-order chi connectivity index (χ0) is 8.27. The molecule has 0 aromatic heterocycles. The number of hydrogen-bond acceptors (Lipinski definition) is 1. The number of amides is 1. The highest BCUT2D eigenvalue weighted by molar-refractivity contribution is 5.76. The van der Waals surface area contributed by atoms with Gasteiger partial charge in [0.2, 0.25) is 5.91 Å². The van der Waals surface area contributed by atoms with E-state index in [1.54, 1.807) is 0 Å². The Hall–Kier alpha value is -0.530. The van der Waals surface area contributed by atoms with Gasteiger partial charge >= 0.3 is 0 Å². The van der Waals surface area contributed by atoms with Crippen LogP contribution in [0.3, 0.4) is 0 Å². The molecule has 0 unspecified atom stereocenters. The molecular formula is C9H17NO. The standard InChI is InChI=1S/C9H17NO/c1-7(2)5-8-3-4-9(11)10-6-8/h7-8H,3-6H2,1-2H3,(H,10,11)/t8-/m1/s1. The highest BCUT2D eigenvalue weighted by atomic mass is 16.1. The summed E-state index contributed by atoms with van der Waals surface area (Å²) in [6, 6.07) is 0. The van der Waals surface area contributed by atoms with Crippen molar-refractivity contribution in [3.63, 3.8) is 0 Å². The van der Waals surface area contributed by atoms with Gasteiger partial charge in [-0.3, -0.25) is 4.79 Å². The van der Waals surface area contributed by atoms with Crippen molar-refractivity contribution in [1.29, 1.82) is 0 Å². The third-order valence-corrected chi connectivity index (χ3v) is 2.17. The SMILES string of the molecule is CC(C)C[C@H]1CCC(=O)NC1. The molecule has 64 valence electrons. The van der Waals surface area contributed by atoms with Gasteiger partial charge < -0.3 is 5.32 Å². The molecule has 1 saturated heterocycles. The normalized spacial score (nSPS) is 25.4. The first-order chi connectivity index (χ1) is 5.18. The second-order valence-electron chi connectivity index (χ2n) is 3.84. The largest absolute Gasteiger partial charge is 0.356 e. The third kappa shape index (κ3) is 2.91. The van der Waals surface area contributed by atoms with Gasteiger partial charge in [0.15, 0.2) is 0 Å². The van der Waals surface area contributed by atoms with Gasteiger partial charge in [-0.25, -0.2) is 0 Å². The van der Waals surface area contributed by atoms with Gasteiger partial charge in [0.1, 0.15) is 0 Å². The minimum absolute atomic E-state index is 0.227. The summed E-state index contributed by atoms with van der Waals surface area (Å²) in [5.74, 6) is 1.72. The molecule has 1 rings (SSSR count). The Labute approximate surface area is 68.4 Å². The fourth-order valence-electron chi connectivity index (χ4n) is 1.65. The Balaban J connectivity index is 2.22. The molecule has 1 aliphatic rings. The van der Waals surface area contributed by atoms with Crippen LogP contribution < -0.4 is 5.32 Å². The van der Waals surface area contributed by atoms with Gasteiger partial charge in [-0.2, -0.15) is 0 Å². The van der Waals surface area contributed by atoms with E-state index >= 15 is 0 Å². The van der Waals surface area contributed by atoms with Gasteiger partial charge in [-0.15, -0.1) is 0 Å². The van der Waals surface area contributed by atoms with Crippen molar-refractivity contribution in [2.24, 2.45) is 11.8 Å². The molecule has 0 aromatic rings. The maximum Gasteiger partial charge on any atom is 0.220 e. The van der Waals surface area contributed by atoms with E-state index in [9.17, 15) is 4.79 Å². The molecule has 1 fully saturated rings. The Morgan fingerprint density at radius 3 is 2.82 bits per heavy atom. The first-order valence-electron chi connectivity index (χ1n) is 4.45. The number of carbonyl (C=O) groups excluding carboxylic acids is 1. The molecule has 1 N–H and O–H groups in total. The summed E-state index contributed by atoms with van der Waals surface area (Å²) in [4.78, 5) is 10.8. The smallest absolute Gasteiger partial charge is 0.220 e. The Morgan fingerprint density at radius 1 is 1.64 bits per heavy atom. The zero-order valence-electron chi connectivity index (χ0n) is 7.39. The van der Waals surface area contributed by atoms with E-state index in [4.69, 9.17) is 0 Å². The van der Waals surface area contributed by atoms with Crippen LogP contribution in [0.2, 0.25) is 0 Å². The number of rotatable bonds is 2. The summed E-state index contributed by atoms with van der Waals surface area (Å²) in [6.45, 7) is 5.36. The molecule has 0 spiro atoms. The molecule has 0 bridgehead atoms. The number of nitrogens with one attached hydrogen (secondary N) is 1. The van der Waals surface area contributed by atoms with Gasteiger partial charge in [0, 0.05) is 13.0 Å². The quantitative estimate of drug-likeness (QED) is 0.644. The lowest BCUT2D eigenvalue weighted by Crippen LogP contribution is -2.35. The lowest BCUT2D eigenvalue weighted by atomic mass is 9.90. The molecular weight excluding hydrogens is 138 g/mol. The average Bonchev–Trinajstić information content (AvgIpc) is 1.93. The molecule has 0 aliphatic carbocycles. The van der Waals surface area contributed by atoms with Crippen molar-refractivity contribution < 1.29 is 4.79 Å². The van der Waals surface area contributed by atoms with E-state index in [2.05, 4.69) is 19.2 Å². The predicted molar refractivity (Wildman–Crippen MR) is 45.2 cm³/mol. The molecule has 2 nitrogen and oxygen atoms in total. The Morgan fingerprint density at radius 2 is 2.36 bits per heavy atom. The lowest BCUT2D eigenvalue weighted by Gasteiger charge is -2.23. The lowest BCUT2D eigenvalue weighted by molar-refractivity contribution is -0.123. The highest BCUT2D eigenvalue weighted by Gasteiger charge is 2.18. The van der Waals surface area contributed by atoms with Gasteiger partial charge in [0.05, 0.1) is 0 Å². The molecule has 0 aromatic carbocycles. The topological polar surface area (TPSA) is 29.1 Å². The van der Waals surface area contributed by atoms with Crippen molar-refractivity contribution in [3.05, 3.63) is 0 Å². The van der Waals surface area contributed by atoms with Crippen LogP contribution in [-0.2, 0) is 4.79 Å². The van der Waals surface area contributed by atoms with Gasteiger partial charge in [-0.05, 0) is 24.7 Å². The van der Waals surface area contributed by atoms with Crippen LogP contribution in [0.4, 0.5) is 0 Å². The highest BCUT2D eigenvalue weighted by Crippen LogP contribution is 2.18. The van der Waals surface area contributed by atoms with E-state index in [0.717, 1.165) is 31.2 Å². The monoisotopic (exact) mass is 155 g/mol. The van der Waals surface area contributed by atoms with E-state index < -0.39 is 0 Å². The van der Waals surface area contributed by atoms with Crippen molar-refractivity contribution in [2.75, 3.05) is 6.54 Å². The molecule has 0 saturated carbocycles. The van der Waals surface area contributed by atoms with Crippen molar-refractivity contribution in [2.45, 2.75) is 33.1 Å². The minimum atomic E-state index is 0.227. The summed E-state index contributed by atoms with van der Waals surface area (Å²) >= 11 is 0. The summed E-state index contributed by atoms with van der Waals surface area (Å²) in [6.07, 6.45) is 3.07. The van der Waals surface area contributed by atoms with Crippen LogP contribution in [0.25, 0.3) is 0 Å². The summed E-state index contributed by atoms with van der Waals surface area (Å²) in [5, 5.41) is 2.90. The number of piperidine rings is 1. The molecule has 1 aliphatic heterocycles. The van der Waals surface area contributed by atoms with Gasteiger partial charge in [-0.1, -0.05) is 13.8 Å². The fourth-order valence-corrected chi connectivity index (χ4v) is 1.65. The molecule has 2 heteroatoms. The summed E-state index contributed by atoms with van der Waals surface area (Å²) in [7, 11) is 0. The van der Waals surface area contributed by atoms with E-state index in [0.29, 0.717) is 0 Å². The van der Waals surface area contributed by atoms with Crippen molar-refractivity contribution >= 4 is 5.91 Å². The fraction of sp³-hybridized carbons (Fsp3) is 0.889. The minimum Gasteiger partial charge on any atom is -0.356 e. The molecule has 0 radical (unpaired) electrons. The van der Waals surface area contributed by atoms with Gasteiger partial charge in [0.25, 0.3) is 0 Å². The second kappa shape index (κ2) is 3.74. The summed E-state index contributed by atoms with van der Waals surface area (Å²) in [5.41, 5.74) is 0. The van der Waals surface area contributed by atoms with E-state index in [1.165, 1.54) is 6.42 Å². The van der Waals surface area contributed by atoms with E-state index in [1.807, 2.05) is 0 Å². The predicted octanol–water partition coefficient (Wildman–Crippen LogP) is 1.56. The average molecular weight is 155 g/mol. The van der Waals surface area contributed by atoms with Crippen LogP contribution in [0.1, 0.15) is 33.1 Å². The number of hydrogen-bond donors (Lipinski definition) is 1. The summed E-state index contributed by atoms with van der Waals surface area (Å²) < 4.78 is 0. The number of carbonyl (C=O) groups is 1. The van der Waals surface area contributed by atoms with Crippen LogP contribution in [0, 0.1) is 11.8 Å². The first kappa shape index (κ1) is 8.57. The third-order valence-electron chi connectivity index (χ3n) is 2.17. The Bertz CT molecular complexity index is 132. The zero-order valence-corrected chi connectivity index (χ0v) is 7.39. The Kier molecular flexibility index (Phi) is 2.92.